The lowest BCUT2D eigenvalue weighted by Crippen LogP contribution is -2.34. The van der Waals surface area contributed by atoms with E-state index in [4.69, 9.17) is 5.11 Å². The number of ether oxygens (including phenoxy) is 1. The maximum atomic E-state index is 11.0. The van der Waals surface area contributed by atoms with Crippen LogP contribution in [0, 0.1) is 0 Å². The zero-order valence-electron chi connectivity index (χ0n) is 7.93. The summed E-state index contributed by atoms with van der Waals surface area (Å²) < 4.78 is 4.53. The number of hydrogen-bond acceptors (Lipinski definition) is 5. The molecule has 0 bridgehead atoms. The van der Waals surface area contributed by atoms with Crippen molar-refractivity contribution in [1.82, 2.24) is 10.6 Å². The minimum absolute atomic E-state index is 0.347. The molecule has 8 heteroatoms. The molecule has 1 unspecified atom stereocenters. The molecule has 0 aromatic carbocycles. The molecule has 3 amide bonds. The molecule has 0 aromatic rings. The van der Waals surface area contributed by atoms with E-state index >= 15 is 0 Å². The summed E-state index contributed by atoms with van der Waals surface area (Å²) in [5.41, 5.74) is 0. The van der Waals surface area contributed by atoms with Crippen molar-refractivity contribution in [3.63, 3.8) is 0 Å². The first-order valence-electron chi connectivity index (χ1n) is 4.18. The zero-order chi connectivity index (χ0) is 12.1. The van der Waals surface area contributed by atoms with Crippen LogP contribution in [-0.4, -0.2) is 41.6 Å². The SMILES string of the molecule is O=C(O)/C=C/C(=O)OCC1NC(=O)NC1=O. The first kappa shape index (κ1) is 11.7. The third-order valence-corrected chi connectivity index (χ3v) is 1.61. The smallest absolute Gasteiger partial charge is 0.331 e. The highest BCUT2D eigenvalue weighted by Gasteiger charge is 2.30. The summed E-state index contributed by atoms with van der Waals surface area (Å²) in [5.74, 6) is -2.79. The molecule has 0 aliphatic carbocycles. The van der Waals surface area contributed by atoms with Crippen LogP contribution in [0.4, 0.5) is 4.79 Å². The Morgan fingerprint density at radius 3 is 2.56 bits per heavy atom. The normalized spacial score (nSPS) is 19.4. The second-order valence-electron chi connectivity index (χ2n) is 2.82. The third kappa shape index (κ3) is 3.40. The Bertz CT molecular complexity index is 375. The van der Waals surface area contributed by atoms with Gasteiger partial charge in [0.2, 0.25) is 0 Å². The van der Waals surface area contributed by atoms with Crippen LogP contribution in [0.1, 0.15) is 0 Å². The fourth-order valence-electron chi connectivity index (χ4n) is 0.929. The first-order chi connectivity index (χ1) is 7.49. The van der Waals surface area contributed by atoms with Gasteiger partial charge in [-0.3, -0.25) is 10.1 Å². The van der Waals surface area contributed by atoms with Crippen molar-refractivity contribution in [1.29, 1.82) is 0 Å². The van der Waals surface area contributed by atoms with Gasteiger partial charge in [-0.25, -0.2) is 14.4 Å². The van der Waals surface area contributed by atoms with E-state index in [9.17, 15) is 19.2 Å². The Hall–Kier alpha value is -2.38. The lowest BCUT2D eigenvalue weighted by molar-refractivity contribution is -0.140. The van der Waals surface area contributed by atoms with Crippen molar-refractivity contribution >= 4 is 23.9 Å². The maximum absolute atomic E-state index is 11.0. The molecule has 1 heterocycles. The van der Waals surface area contributed by atoms with Crippen LogP contribution in [0.5, 0.6) is 0 Å². The van der Waals surface area contributed by atoms with Crippen molar-refractivity contribution in [2.45, 2.75) is 6.04 Å². The molecule has 86 valence electrons. The minimum Gasteiger partial charge on any atom is -0.478 e. The highest BCUT2D eigenvalue weighted by Crippen LogP contribution is 1.94. The molecule has 0 spiro atoms. The maximum Gasteiger partial charge on any atom is 0.331 e. The quantitative estimate of drug-likeness (QED) is 0.302. The van der Waals surface area contributed by atoms with Crippen LogP contribution in [0.15, 0.2) is 12.2 Å². The van der Waals surface area contributed by atoms with E-state index < -0.39 is 29.9 Å². The van der Waals surface area contributed by atoms with Crippen LogP contribution < -0.4 is 10.6 Å². The molecule has 0 aromatic heterocycles. The first-order valence-corrected chi connectivity index (χ1v) is 4.18. The molecule has 1 atom stereocenters. The van der Waals surface area contributed by atoms with E-state index in [-0.39, 0.29) is 6.61 Å². The van der Waals surface area contributed by atoms with E-state index in [0.717, 1.165) is 0 Å². The van der Waals surface area contributed by atoms with Gasteiger partial charge >= 0.3 is 18.0 Å². The number of carboxylic acid groups (broad SMARTS) is 1. The molecule has 1 saturated heterocycles. The Morgan fingerprint density at radius 2 is 2.06 bits per heavy atom. The predicted molar refractivity (Wildman–Crippen MR) is 48.2 cm³/mol. The predicted octanol–water partition coefficient (Wildman–Crippen LogP) is -1.62. The molecule has 1 rings (SSSR count). The molecule has 16 heavy (non-hydrogen) atoms. The number of carbonyl (C=O) groups is 4. The van der Waals surface area contributed by atoms with E-state index in [0.29, 0.717) is 12.2 Å². The number of rotatable bonds is 4. The number of esters is 1. The van der Waals surface area contributed by atoms with Crippen LogP contribution >= 0.6 is 0 Å². The van der Waals surface area contributed by atoms with Crippen molar-refractivity contribution in [2.24, 2.45) is 0 Å². The van der Waals surface area contributed by atoms with E-state index in [1.807, 2.05) is 5.32 Å². The number of aliphatic carboxylic acids is 1. The number of urea groups is 1. The molecule has 1 aliphatic rings. The monoisotopic (exact) mass is 228 g/mol. The number of carboxylic acids is 1. The molecular weight excluding hydrogens is 220 g/mol. The van der Waals surface area contributed by atoms with Crippen LogP contribution in [0.25, 0.3) is 0 Å². The minimum atomic E-state index is -1.29. The second kappa shape index (κ2) is 4.91. The topological polar surface area (TPSA) is 122 Å². The molecule has 0 saturated carbocycles. The number of imide groups is 1. The molecule has 8 nitrogen and oxygen atoms in total. The molecular formula is C8H8N2O6. The van der Waals surface area contributed by atoms with Crippen molar-refractivity contribution in [3.05, 3.63) is 12.2 Å². The summed E-state index contributed by atoms with van der Waals surface area (Å²) >= 11 is 0. The Labute approximate surface area is 89.3 Å². The summed E-state index contributed by atoms with van der Waals surface area (Å²) in [4.78, 5) is 42.5. The van der Waals surface area contributed by atoms with Crippen molar-refractivity contribution < 1.29 is 29.0 Å². The van der Waals surface area contributed by atoms with Crippen molar-refractivity contribution in [2.75, 3.05) is 6.61 Å². The van der Waals surface area contributed by atoms with E-state index in [1.54, 1.807) is 0 Å². The number of hydrogen-bond donors (Lipinski definition) is 3. The van der Waals surface area contributed by atoms with Gasteiger partial charge in [-0.2, -0.15) is 0 Å². The summed E-state index contributed by atoms with van der Waals surface area (Å²) in [6.45, 7) is -0.347. The molecule has 1 aliphatic heterocycles. The third-order valence-electron chi connectivity index (χ3n) is 1.61. The molecule has 0 radical (unpaired) electrons. The van der Waals surface area contributed by atoms with Crippen LogP contribution in [-0.2, 0) is 19.1 Å². The van der Waals surface area contributed by atoms with E-state index in [1.165, 1.54) is 0 Å². The van der Waals surface area contributed by atoms with Crippen molar-refractivity contribution in [3.8, 4) is 0 Å². The summed E-state index contributed by atoms with van der Waals surface area (Å²) in [5, 5.41) is 12.4. The Balaban J connectivity index is 2.35. The molecule has 3 N–H and O–H groups in total. The Morgan fingerprint density at radius 1 is 1.38 bits per heavy atom. The summed E-state index contributed by atoms with van der Waals surface area (Å²) in [6, 6.07) is -1.60. The highest BCUT2D eigenvalue weighted by molar-refractivity contribution is 6.04. The fourth-order valence-corrected chi connectivity index (χ4v) is 0.929. The van der Waals surface area contributed by atoms with Gasteiger partial charge in [-0.1, -0.05) is 0 Å². The average Bonchev–Trinajstić information content (AvgIpc) is 2.51. The average molecular weight is 228 g/mol. The van der Waals surface area contributed by atoms with Crippen LogP contribution in [0.3, 0.4) is 0 Å². The number of amides is 3. The summed E-state index contributed by atoms with van der Waals surface area (Å²) in [7, 11) is 0. The zero-order valence-corrected chi connectivity index (χ0v) is 7.93. The van der Waals surface area contributed by atoms with E-state index in [2.05, 4.69) is 10.1 Å². The largest absolute Gasteiger partial charge is 0.478 e. The number of nitrogens with one attached hydrogen (secondary N) is 2. The van der Waals surface area contributed by atoms with Gasteiger partial charge in [0, 0.05) is 12.2 Å². The van der Waals surface area contributed by atoms with Gasteiger partial charge in [-0.15, -0.1) is 0 Å². The van der Waals surface area contributed by atoms with Gasteiger partial charge in [0.25, 0.3) is 5.91 Å². The lowest BCUT2D eigenvalue weighted by Gasteiger charge is -2.06. The summed E-state index contributed by atoms with van der Waals surface area (Å²) in [6.07, 6.45) is 1.31. The van der Waals surface area contributed by atoms with Gasteiger partial charge < -0.3 is 15.2 Å². The van der Waals surface area contributed by atoms with Gasteiger partial charge in [-0.05, 0) is 0 Å². The van der Waals surface area contributed by atoms with Crippen LogP contribution in [0.2, 0.25) is 0 Å². The van der Waals surface area contributed by atoms with Gasteiger partial charge in [0.05, 0.1) is 0 Å². The van der Waals surface area contributed by atoms with Gasteiger partial charge in [0.15, 0.2) is 0 Å². The highest BCUT2D eigenvalue weighted by atomic mass is 16.5. The van der Waals surface area contributed by atoms with Gasteiger partial charge in [0.1, 0.15) is 12.6 Å². The number of carbonyl (C=O) groups excluding carboxylic acids is 3. The standard InChI is InChI=1S/C8H8N2O6/c11-5(12)1-2-6(13)16-3-4-7(14)10-8(15)9-4/h1-2,4H,3H2,(H,11,12)(H2,9,10,14,15)/b2-1+. The Kier molecular flexibility index (Phi) is 3.59. The lowest BCUT2D eigenvalue weighted by atomic mass is 10.3. The molecule has 1 fully saturated rings. The second-order valence-corrected chi connectivity index (χ2v) is 2.82. The fraction of sp³-hybridized carbons (Fsp3) is 0.250.